The molecule has 0 saturated heterocycles. The largest absolute Gasteiger partial charge is 0.312 e. The number of amides is 1. The lowest BCUT2D eigenvalue weighted by atomic mass is 10.0. The van der Waals surface area contributed by atoms with Crippen LogP contribution in [0.25, 0.3) is 0 Å². The molecule has 0 bridgehead atoms. The van der Waals surface area contributed by atoms with E-state index in [-0.39, 0.29) is 22.8 Å². The van der Waals surface area contributed by atoms with E-state index in [4.69, 9.17) is 0 Å². The van der Waals surface area contributed by atoms with E-state index in [0.717, 1.165) is 35.2 Å². The monoisotopic (exact) mass is 398 g/mol. The van der Waals surface area contributed by atoms with Gasteiger partial charge < -0.3 is 4.90 Å². The Morgan fingerprint density at radius 1 is 1.18 bits per heavy atom. The lowest BCUT2D eigenvalue weighted by Gasteiger charge is -2.19. The van der Waals surface area contributed by atoms with Crippen molar-refractivity contribution in [2.75, 3.05) is 11.4 Å². The molecule has 1 atom stereocenters. The van der Waals surface area contributed by atoms with Crippen molar-refractivity contribution < 1.29 is 13.2 Å². The molecule has 5 nitrogen and oxygen atoms in total. The van der Waals surface area contributed by atoms with Gasteiger partial charge in [-0.05, 0) is 61.9 Å². The van der Waals surface area contributed by atoms with Gasteiger partial charge in [0.25, 0.3) is 0 Å². The van der Waals surface area contributed by atoms with Gasteiger partial charge in [-0.3, -0.25) is 4.79 Å². The van der Waals surface area contributed by atoms with Gasteiger partial charge in [-0.25, -0.2) is 13.1 Å². The maximum atomic E-state index is 13.0. The number of sulfonamides is 1. The van der Waals surface area contributed by atoms with Crippen LogP contribution in [0.5, 0.6) is 0 Å². The van der Waals surface area contributed by atoms with E-state index in [1.54, 1.807) is 18.2 Å². The normalized spacial score (nSPS) is 17.4. The summed E-state index contributed by atoms with van der Waals surface area (Å²) in [4.78, 5) is 14.5. The maximum absolute atomic E-state index is 13.0. The van der Waals surface area contributed by atoms with Crippen LogP contribution in [-0.2, 0) is 21.2 Å². The Balaban J connectivity index is 1.56. The highest BCUT2D eigenvalue weighted by molar-refractivity contribution is 7.89. The molecule has 1 heterocycles. The van der Waals surface area contributed by atoms with Crippen LogP contribution in [0.4, 0.5) is 5.69 Å². The van der Waals surface area contributed by atoms with Gasteiger partial charge in [-0.2, -0.15) is 0 Å². The minimum absolute atomic E-state index is 0.163. The van der Waals surface area contributed by atoms with Crippen LogP contribution in [0.3, 0.4) is 0 Å². The maximum Gasteiger partial charge on any atom is 0.241 e. The summed E-state index contributed by atoms with van der Waals surface area (Å²) in [6.07, 6.45) is 3.31. The van der Waals surface area contributed by atoms with Gasteiger partial charge in [0.05, 0.1) is 4.90 Å². The van der Waals surface area contributed by atoms with E-state index >= 15 is 0 Å². The second kappa shape index (κ2) is 7.33. The van der Waals surface area contributed by atoms with E-state index < -0.39 is 10.0 Å². The number of nitrogens with one attached hydrogen (secondary N) is 1. The highest BCUT2D eigenvalue weighted by atomic mass is 32.2. The third kappa shape index (κ3) is 3.71. The zero-order valence-corrected chi connectivity index (χ0v) is 17.1. The number of anilines is 1. The fraction of sp³-hybridized carbons (Fsp3) is 0.409. The fourth-order valence-electron chi connectivity index (χ4n) is 3.77. The summed E-state index contributed by atoms with van der Waals surface area (Å²) in [6.45, 7) is 4.62. The van der Waals surface area contributed by atoms with Crippen LogP contribution in [0.2, 0.25) is 0 Å². The molecule has 1 aliphatic heterocycles. The van der Waals surface area contributed by atoms with Crippen LogP contribution >= 0.6 is 0 Å². The molecule has 1 N–H and O–H groups in total. The fourth-order valence-corrected chi connectivity index (χ4v) is 5.12. The quantitative estimate of drug-likeness (QED) is 0.806. The summed E-state index contributed by atoms with van der Waals surface area (Å²) < 4.78 is 28.8. The van der Waals surface area contributed by atoms with Gasteiger partial charge >= 0.3 is 0 Å². The average Bonchev–Trinajstić information content (AvgIpc) is 3.45. The number of hydrogen-bond donors (Lipinski definition) is 1. The van der Waals surface area contributed by atoms with E-state index in [9.17, 15) is 13.2 Å². The van der Waals surface area contributed by atoms with Crippen molar-refractivity contribution in [2.24, 2.45) is 5.92 Å². The topological polar surface area (TPSA) is 66.5 Å². The van der Waals surface area contributed by atoms with Gasteiger partial charge in [0.2, 0.25) is 15.9 Å². The van der Waals surface area contributed by atoms with Crippen molar-refractivity contribution in [1.29, 1.82) is 0 Å². The second-order valence-electron chi connectivity index (χ2n) is 7.80. The van der Waals surface area contributed by atoms with E-state index in [1.165, 1.54) is 0 Å². The molecule has 1 aliphatic carbocycles. The van der Waals surface area contributed by atoms with Gasteiger partial charge in [0.15, 0.2) is 0 Å². The lowest BCUT2D eigenvalue weighted by Crippen LogP contribution is -2.30. The number of carbonyl (C=O) groups is 1. The molecule has 0 aromatic heterocycles. The first-order valence-corrected chi connectivity index (χ1v) is 11.4. The summed E-state index contributed by atoms with van der Waals surface area (Å²) in [6, 6.07) is 12.8. The van der Waals surface area contributed by atoms with Crippen molar-refractivity contribution in [2.45, 2.75) is 50.5 Å². The Hall–Kier alpha value is -2.18. The third-order valence-electron chi connectivity index (χ3n) is 5.63. The van der Waals surface area contributed by atoms with Gasteiger partial charge in [0, 0.05) is 24.2 Å². The SMILES string of the molecule is CCC(NS(=O)(=O)c1ccc2c(c1)CCN2C(=O)C1CC1)c1ccc(C)cc1. The minimum Gasteiger partial charge on any atom is -0.312 e. The molecule has 1 unspecified atom stereocenters. The Bertz CT molecular complexity index is 995. The minimum atomic E-state index is -3.65. The van der Waals surface area contributed by atoms with Crippen molar-refractivity contribution in [3.8, 4) is 0 Å². The van der Waals surface area contributed by atoms with Crippen molar-refractivity contribution >= 4 is 21.6 Å². The first kappa shape index (κ1) is 19.2. The van der Waals surface area contributed by atoms with E-state index in [2.05, 4.69) is 4.72 Å². The second-order valence-corrected chi connectivity index (χ2v) is 9.51. The first-order chi connectivity index (χ1) is 13.4. The van der Waals surface area contributed by atoms with Crippen LogP contribution in [0.15, 0.2) is 47.4 Å². The number of benzene rings is 2. The third-order valence-corrected chi connectivity index (χ3v) is 7.10. The highest BCUT2D eigenvalue weighted by Gasteiger charge is 2.36. The lowest BCUT2D eigenvalue weighted by molar-refractivity contribution is -0.119. The number of aryl methyl sites for hydroxylation is 1. The molecule has 2 aliphatic rings. The molecule has 2 aromatic carbocycles. The van der Waals surface area contributed by atoms with Gasteiger partial charge in [-0.1, -0.05) is 36.8 Å². The Labute approximate surface area is 166 Å². The molecule has 6 heteroatoms. The van der Waals surface area contributed by atoms with Crippen LogP contribution < -0.4 is 9.62 Å². The molecule has 148 valence electrons. The Morgan fingerprint density at radius 2 is 1.89 bits per heavy atom. The standard InChI is InChI=1S/C22H26N2O3S/c1-3-20(16-6-4-15(2)5-7-16)23-28(26,27)19-10-11-21-18(14-19)12-13-24(21)22(25)17-8-9-17/h4-7,10-11,14,17,20,23H,3,8-9,12-13H2,1-2H3. The van der Waals surface area contributed by atoms with E-state index in [1.807, 2.05) is 43.0 Å². The first-order valence-electron chi connectivity index (χ1n) is 9.92. The molecular weight excluding hydrogens is 372 g/mol. The Kier molecular flexibility index (Phi) is 5.02. The molecule has 1 fully saturated rings. The summed E-state index contributed by atoms with van der Waals surface area (Å²) in [5, 5.41) is 0. The molecule has 28 heavy (non-hydrogen) atoms. The number of carbonyl (C=O) groups excluding carboxylic acids is 1. The summed E-state index contributed by atoms with van der Waals surface area (Å²) >= 11 is 0. The zero-order chi connectivity index (χ0) is 19.9. The molecule has 0 radical (unpaired) electrons. The Morgan fingerprint density at radius 3 is 2.54 bits per heavy atom. The predicted octanol–water partition coefficient (Wildman–Crippen LogP) is 3.72. The predicted molar refractivity (Wildman–Crippen MR) is 110 cm³/mol. The van der Waals surface area contributed by atoms with Crippen molar-refractivity contribution in [3.63, 3.8) is 0 Å². The van der Waals surface area contributed by atoms with Crippen molar-refractivity contribution in [1.82, 2.24) is 4.72 Å². The number of hydrogen-bond acceptors (Lipinski definition) is 3. The summed E-state index contributed by atoms with van der Waals surface area (Å²) in [5.41, 5.74) is 3.89. The van der Waals surface area contributed by atoms with Crippen LogP contribution in [-0.4, -0.2) is 20.9 Å². The molecule has 4 rings (SSSR count). The molecular formula is C22H26N2O3S. The molecule has 0 spiro atoms. The molecule has 1 amide bonds. The smallest absolute Gasteiger partial charge is 0.241 e. The van der Waals surface area contributed by atoms with Gasteiger partial charge in [-0.15, -0.1) is 0 Å². The van der Waals surface area contributed by atoms with Crippen LogP contribution in [0, 0.1) is 12.8 Å². The number of rotatable bonds is 6. The van der Waals surface area contributed by atoms with E-state index in [0.29, 0.717) is 19.4 Å². The van der Waals surface area contributed by atoms with Crippen molar-refractivity contribution in [3.05, 3.63) is 59.2 Å². The average molecular weight is 399 g/mol. The molecule has 2 aromatic rings. The highest BCUT2D eigenvalue weighted by Crippen LogP contribution is 2.37. The zero-order valence-electron chi connectivity index (χ0n) is 16.3. The van der Waals surface area contributed by atoms with Gasteiger partial charge in [0.1, 0.15) is 0 Å². The summed E-state index contributed by atoms with van der Waals surface area (Å²) in [5.74, 6) is 0.341. The van der Waals surface area contributed by atoms with Crippen LogP contribution in [0.1, 0.15) is 48.9 Å². The summed E-state index contributed by atoms with van der Waals surface area (Å²) in [7, 11) is -3.65. The number of nitrogens with zero attached hydrogens (tertiary/aromatic N) is 1. The number of fused-ring (bicyclic) bond motifs is 1. The molecule has 1 saturated carbocycles.